The summed E-state index contributed by atoms with van der Waals surface area (Å²) in [6.45, 7) is 4.77. The van der Waals surface area contributed by atoms with E-state index < -0.39 is 17.2 Å². The van der Waals surface area contributed by atoms with E-state index in [2.05, 4.69) is 10.3 Å². The maximum atomic E-state index is 12.9. The SMILES string of the molecule is CC(=O)N[C@@]1(C)CCOC2(CCN(C(=O)c3nc4ccccc4s3)CC2)[C@@H]1O. The maximum Gasteiger partial charge on any atom is 0.282 e. The van der Waals surface area contributed by atoms with E-state index in [1.54, 1.807) is 4.90 Å². The highest BCUT2D eigenvalue weighted by Gasteiger charge is 2.54. The predicted molar refractivity (Wildman–Crippen MR) is 106 cm³/mol. The molecule has 28 heavy (non-hydrogen) atoms. The molecule has 2 aliphatic heterocycles. The van der Waals surface area contributed by atoms with Gasteiger partial charge in [-0.15, -0.1) is 11.3 Å². The van der Waals surface area contributed by atoms with Crippen molar-refractivity contribution in [2.75, 3.05) is 19.7 Å². The lowest BCUT2D eigenvalue weighted by atomic mass is 9.73. The number of hydrogen-bond donors (Lipinski definition) is 2. The Morgan fingerprint density at radius 2 is 2.00 bits per heavy atom. The predicted octanol–water partition coefficient (Wildman–Crippen LogP) is 1.95. The smallest absolute Gasteiger partial charge is 0.282 e. The minimum atomic E-state index is -0.822. The molecule has 150 valence electrons. The van der Waals surface area contributed by atoms with Crippen LogP contribution >= 0.6 is 11.3 Å². The van der Waals surface area contributed by atoms with Crippen LogP contribution in [0.5, 0.6) is 0 Å². The molecule has 8 heteroatoms. The number of fused-ring (bicyclic) bond motifs is 1. The molecule has 2 fully saturated rings. The molecule has 1 aromatic heterocycles. The van der Waals surface area contributed by atoms with Crippen molar-refractivity contribution in [3.05, 3.63) is 29.3 Å². The van der Waals surface area contributed by atoms with Crippen LogP contribution in [0, 0.1) is 0 Å². The van der Waals surface area contributed by atoms with Crippen LogP contribution in [-0.2, 0) is 9.53 Å². The van der Waals surface area contributed by atoms with E-state index in [0.29, 0.717) is 44.0 Å². The minimum absolute atomic E-state index is 0.0778. The normalized spacial score (nSPS) is 27.1. The molecular weight excluding hydrogens is 378 g/mol. The maximum absolute atomic E-state index is 12.9. The molecule has 0 bridgehead atoms. The Bertz CT molecular complexity index is 873. The van der Waals surface area contributed by atoms with Gasteiger partial charge in [-0.25, -0.2) is 4.98 Å². The summed E-state index contributed by atoms with van der Waals surface area (Å²) in [5.41, 5.74) is -0.621. The third-order valence-corrected chi connectivity index (χ3v) is 6.97. The quantitative estimate of drug-likeness (QED) is 0.800. The van der Waals surface area contributed by atoms with Gasteiger partial charge >= 0.3 is 0 Å². The van der Waals surface area contributed by atoms with Gasteiger partial charge in [0, 0.05) is 26.6 Å². The molecule has 1 aromatic carbocycles. The number of nitrogens with one attached hydrogen (secondary N) is 1. The number of para-hydroxylation sites is 1. The van der Waals surface area contributed by atoms with Crippen molar-refractivity contribution in [1.29, 1.82) is 0 Å². The Morgan fingerprint density at radius 1 is 1.29 bits per heavy atom. The zero-order chi connectivity index (χ0) is 19.9. The fourth-order valence-electron chi connectivity index (χ4n) is 4.40. The number of hydrogen-bond acceptors (Lipinski definition) is 6. The van der Waals surface area contributed by atoms with E-state index in [1.165, 1.54) is 18.3 Å². The highest BCUT2D eigenvalue weighted by molar-refractivity contribution is 7.20. The molecule has 2 saturated heterocycles. The third-order valence-electron chi connectivity index (χ3n) is 5.95. The Kier molecular flexibility index (Phi) is 4.89. The Labute approximate surface area is 167 Å². The van der Waals surface area contributed by atoms with E-state index in [0.717, 1.165) is 10.2 Å². The summed E-state index contributed by atoms with van der Waals surface area (Å²) in [5, 5.41) is 14.4. The number of aliphatic hydroxyl groups is 1. The number of rotatable bonds is 2. The van der Waals surface area contributed by atoms with Gasteiger partial charge in [-0.1, -0.05) is 12.1 Å². The zero-order valence-corrected chi connectivity index (χ0v) is 16.9. The van der Waals surface area contributed by atoms with Crippen LogP contribution in [0.1, 0.15) is 42.9 Å². The summed E-state index contributed by atoms with van der Waals surface area (Å²) in [6.07, 6.45) is 0.793. The van der Waals surface area contributed by atoms with Crippen molar-refractivity contribution in [3.8, 4) is 0 Å². The molecule has 0 unspecified atom stereocenters. The lowest BCUT2D eigenvalue weighted by Crippen LogP contribution is -2.69. The molecule has 0 aliphatic carbocycles. The summed E-state index contributed by atoms with van der Waals surface area (Å²) in [6, 6.07) is 7.72. The summed E-state index contributed by atoms with van der Waals surface area (Å²) < 4.78 is 7.02. The lowest BCUT2D eigenvalue weighted by Gasteiger charge is -2.53. The van der Waals surface area contributed by atoms with Crippen LogP contribution in [0.2, 0.25) is 0 Å². The second-order valence-electron chi connectivity index (χ2n) is 7.94. The van der Waals surface area contributed by atoms with Gasteiger partial charge in [-0.05, 0) is 38.3 Å². The number of aromatic nitrogens is 1. The fraction of sp³-hybridized carbons (Fsp3) is 0.550. The molecule has 0 saturated carbocycles. The first-order chi connectivity index (χ1) is 13.3. The van der Waals surface area contributed by atoms with Gasteiger partial charge in [-0.3, -0.25) is 9.59 Å². The first kappa shape index (κ1) is 19.3. The number of carbonyl (C=O) groups excluding carboxylic acids is 2. The van der Waals surface area contributed by atoms with Gasteiger partial charge < -0.3 is 20.1 Å². The molecule has 7 nitrogen and oxygen atoms in total. The number of piperidine rings is 1. The Morgan fingerprint density at radius 3 is 2.68 bits per heavy atom. The summed E-state index contributed by atoms with van der Waals surface area (Å²) in [4.78, 5) is 30.7. The molecule has 4 rings (SSSR count). The standard InChI is InChI=1S/C20H25N3O4S/c1-13(24)22-19(2)9-12-27-20(18(19)26)7-10-23(11-8-20)17(25)16-21-14-5-3-4-6-15(14)28-16/h3-6,18,26H,7-12H2,1-2H3,(H,22,24)/t18-,19+/m1/s1. The van der Waals surface area contributed by atoms with Crippen molar-refractivity contribution in [2.45, 2.75) is 50.4 Å². The summed E-state index contributed by atoms with van der Waals surface area (Å²) in [7, 11) is 0. The highest BCUT2D eigenvalue weighted by atomic mass is 32.1. The molecule has 0 radical (unpaired) electrons. The van der Waals surface area contributed by atoms with E-state index in [9.17, 15) is 14.7 Å². The first-order valence-corrected chi connectivity index (χ1v) is 10.4. The second-order valence-corrected chi connectivity index (χ2v) is 8.97. The number of nitrogens with zero attached hydrogens (tertiary/aromatic N) is 2. The number of benzene rings is 1. The lowest BCUT2D eigenvalue weighted by molar-refractivity contribution is -0.205. The topological polar surface area (TPSA) is 91.8 Å². The van der Waals surface area contributed by atoms with Gasteiger partial charge in [-0.2, -0.15) is 0 Å². The van der Waals surface area contributed by atoms with E-state index >= 15 is 0 Å². The summed E-state index contributed by atoms with van der Waals surface area (Å²) >= 11 is 1.40. The van der Waals surface area contributed by atoms with Gasteiger partial charge in [0.05, 0.1) is 21.4 Å². The van der Waals surface area contributed by atoms with Crippen molar-refractivity contribution in [2.24, 2.45) is 0 Å². The average molecular weight is 404 g/mol. The molecule has 2 aromatic rings. The van der Waals surface area contributed by atoms with E-state index in [4.69, 9.17) is 4.74 Å². The number of ether oxygens (including phenoxy) is 1. The number of aliphatic hydroxyl groups excluding tert-OH is 1. The van der Waals surface area contributed by atoms with Crippen LogP contribution < -0.4 is 5.32 Å². The van der Waals surface area contributed by atoms with Gasteiger partial charge in [0.25, 0.3) is 5.91 Å². The highest BCUT2D eigenvalue weighted by Crippen LogP contribution is 2.40. The molecule has 3 heterocycles. The Hall–Kier alpha value is -2.03. The Balaban J connectivity index is 1.47. The van der Waals surface area contributed by atoms with Crippen molar-refractivity contribution in [1.82, 2.24) is 15.2 Å². The molecular formula is C20H25N3O4S. The molecule has 2 aliphatic rings. The van der Waals surface area contributed by atoms with Gasteiger partial charge in [0.15, 0.2) is 5.01 Å². The average Bonchev–Trinajstić information content (AvgIpc) is 3.10. The van der Waals surface area contributed by atoms with Gasteiger partial charge in [0.2, 0.25) is 5.91 Å². The number of carbonyl (C=O) groups is 2. The molecule has 1 spiro atoms. The number of thiazole rings is 1. The van der Waals surface area contributed by atoms with Crippen LogP contribution in [0.3, 0.4) is 0 Å². The van der Waals surface area contributed by atoms with Crippen LogP contribution in [0.25, 0.3) is 10.2 Å². The van der Waals surface area contributed by atoms with E-state index in [-0.39, 0.29) is 11.8 Å². The van der Waals surface area contributed by atoms with Crippen molar-refractivity contribution in [3.63, 3.8) is 0 Å². The fourth-order valence-corrected chi connectivity index (χ4v) is 5.33. The second kappa shape index (κ2) is 7.09. The first-order valence-electron chi connectivity index (χ1n) is 9.59. The largest absolute Gasteiger partial charge is 0.388 e. The van der Waals surface area contributed by atoms with Gasteiger partial charge in [0.1, 0.15) is 6.10 Å². The van der Waals surface area contributed by atoms with Crippen LogP contribution in [0.4, 0.5) is 0 Å². The monoisotopic (exact) mass is 403 g/mol. The number of amides is 2. The number of likely N-dealkylation sites (tertiary alicyclic amines) is 1. The minimum Gasteiger partial charge on any atom is -0.388 e. The summed E-state index contributed by atoms with van der Waals surface area (Å²) in [5.74, 6) is -0.243. The zero-order valence-electron chi connectivity index (χ0n) is 16.1. The molecule has 2 atom stereocenters. The van der Waals surface area contributed by atoms with E-state index in [1.807, 2.05) is 31.2 Å². The van der Waals surface area contributed by atoms with Crippen molar-refractivity contribution >= 4 is 33.4 Å². The molecule has 2 amide bonds. The molecule has 2 N–H and O–H groups in total. The van der Waals surface area contributed by atoms with Crippen LogP contribution in [0.15, 0.2) is 24.3 Å². The van der Waals surface area contributed by atoms with Crippen molar-refractivity contribution < 1.29 is 19.4 Å². The third kappa shape index (κ3) is 3.29. The van der Waals surface area contributed by atoms with Crippen LogP contribution in [-0.4, -0.2) is 63.7 Å².